The molecule has 0 unspecified atom stereocenters. The zero-order valence-corrected chi connectivity index (χ0v) is 36.0. The van der Waals surface area contributed by atoms with Crippen LogP contribution >= 0.6 is 0 Å². The topological polar surface area (TPSA) is 218 Å². The zero-order valence-electron chi connectivity index (χ0n) is 34.4. The minimum atomic E-state index is -3.91. The third kappa shape index (κ3) is 11.2. The van der Waals surface area contributed by atoms with E-state index in [-0.39, 0.29) is 32.4 Å². The summed E-state index contributed by atoms with van der Waals surface area (Å²) in [5.74, 6) is -0.641. The number of ether oxygens (including phenoxy) is 3. The van der Waals surface area contributed by atoms with Crippen LogP contribution in [0.1, 0.15) is 37.4 Å². The molecule has 0 aliphatic heterocycles. The Morgan fingerprint density at radius 2 is 1.05 bits per heavy atom. The number of benzene rings is 5. The van der Waals surface area contributed by atoms with Gasteiger partial charge in [0.05, 0.1) is 59.6 Å². The molecule has 7 aromatic rings. The first-order chi connectivity index (χ1) is 30.2. The van der Waals surface area contributed by atoms with Gasteiger partial charge in [-0.3, -0.25) is 8.61 Å². The molecule has 0 spiro atoms. The molecule has 0 amide bonds. The van der Waals surface area contributed by atoms with Gasteiger partial charge in [0.15, 0.2) is 0 Å². The molecule has 18 nitrogen and oxygen atoms in total. The Balaban J connectivity index is 0.000000215. The average Bonchev–Trinajstić information content (AvgIpc) is 4.03. The highest BCUT2D eigenvalue weighted by Crippen LogP contribution is 2.28. The summed E-state index contributed by atoms with van der Waals surface area (Å²) in [6.45, 7) is 0.978. The van der Waals surface area contributed by atoms with Crippen LogP contribution in [-0.2, 0) is 49.2 Å². The molecule has 5 aromatic carbocycles. The second-order valence-corrected chi connectivity index (χ2v) is 17.6. The molecule has 0 aliphatic carbocycles. The molecule has 0 radical (unpaired) electrons. The lowest BCUT2D eigenvalue weighted by Crippen LogP contribution is -2.27. The fraction of sp³-hybridized carbons (Fsp3) is 0.163. The number of esters is 2. The number of methoxy groups -OCH3 is 2. The number of hydrogen-bond acceptors (Lipinski definition) is 14. The maximum Gasteiger partial charge on any atom is 0.337 e. The minimum absolute atomic E-state index is 0.00842. The van der Waals surface area contributed by atoms with Crippen molar-refractivity contribution in [3.8, 4) is 11.5 Å². The van der Waals surface area contributed by atoms with Crippen molar-refractivity contribution in [2.24, 2.45) is 0 Å². The summed E-state index contributed by atoms with van der Waals surface area (Å²) in [7, 11) is -2.47. The molecule has 0 bridgehead atoms. The summed E-state index contributed by atoms with van der Waals surface area (Å²) in [5.41, 5.74) is 3.36. The zero-order chi connectivity index (χ0) is 45.1. The van der Waals surface area contributed by atoms with Gasteiger partial charge in [0.1, 0.15) is 43.4 Å². The second kappa shape index (κ2) is 19.9. The van der Waals surface area contributed by atoms with Crippen molar-refractivity contribution in [1.82, 2.24) is 29.5 Å². The molecule has 0 atom stereocenters. The van der Waals surface area contributed by atoms with Crippen molar-refractivity contribution in [1.29, 1.82) is 0 Å². The molecule has 0 fully saturated rings. The predicted molar refractivity (Wildman–Crippen MR) is 230 cm³/mol. The van der Waals surface area contributed by atoms with E-state index in [0.29, 0.717) is 42.3 Å². The maximum absolute atomic E-state index is 13.3. The number of aromatic hydroxyl groups is 1. The fourth-order valence-corrected chi connectivity index (χ4v) is 8.39. The standard InChI is InChI=1S/C25H24N4O5S.C18H18N4O5S/c1-28(22-13-20(15-29-18-26-17-27-29)12-21(14-22)25(30)33-2)35(31,32)24-10-8-23(9-11-24)34-16-19-6-4-3-5-7-19;1-21(28(25,26)17-5-3-16(23)4-6-17)15-8-13(10-22-12-19-11-20-22)7-14(9-15)18(24)27-2/h3-14,17-18H,15-16H2,1-2H3;3-9,11-12,23H,10H2,1-2H3. The Labute approximate surface area is 363 Å². The van der Waals surface area contributed by atoms with Crippen molar-refractivity contribution >= 4 is 43.4 Å². The molecule has 7 rings (SSSR count). The van der Waals surface area contributed by atoms with Gasteiger partial charge in [0.2, 0.25) is 0 Å². The van der Waals surface area contributed by atoms with Crippen LogP contribution < -0.4 is 13.3 Å². The molecular formula is C43H42N8O10S2. The lowest BCUT2D eigenvalue weighted by Gasteiger charge is -2.21. The van der Waals surface area contributed by atoms with E-state index in [1.807, 2.05) is 30.3 Å². The molecule has 0 saturated heterocycles. The number of aromatic nitrogens is 6. The van der Waals surface area contributed by atoms with Gasteiger partial charge in [-0.25, -0.2) is 45.8 Å². The summed E-state index contributed by atoms with van der Waals surface area (Å²) in [6.07, 6.45) is 5.83. The van der Waals surface area contributed by atoms with E-state index in [1.165, 1.54) is 102 Å². The van der Waals surface area contributed by atoms with Gasteiger partial charge in [-0.2, -0.15) is 10.2 Å². The Morgan fingerprint density at radius 3 is 1.46 bits per heavy atom. The number of sulfonamides is 2. The van der Waals surface area contributed by atoms with Crippen LogP contribution in [0.5, 0.6) is 11.5 Å². The molecule has 2 heterocycles. The minimum Gasteiger partial charge on any atom is -0.508 e. The van der Waals surface area contributed by atoms with Crippen molar-refractivity contribution in [2.75, 3.05) is 36.9 Å². The van der Waals surface area contributed by atoms with Gasteiger partial charge < -0.3 is 19.3 Å². The molecule has 2 aromatic heterocycles. The number of carbonyl (C=O) groups excluding carboxylic acids is 2. The predicted octanol–water partition coefficient (Wildman–Crippen LogP) is 5.16. The van der Waals surface area contributed by atoms with Crippen LogP contribution in [0.3, 0.4) is 0 Å². The summed E-state index contributed by atoms with van der Waals surface area (Å²) >= 11 is 0. The van der Waals surface area contributed by atoms with Crippen LogP contribution in [0.15, 0.2) is 150 Å². The quantitative estimate of drug-likeness (QED) is 0.132. The molecular weight excluding hydrogens is 853 g/mol. The summed E-state index contributed by atoms with van der Waals surface area (Å²) in [6, 6.07) is 30.6. The molecule has 0 saturated carbocycles. The van der Waals surface area contributed by atoms with Gasteiger partial charge in [0.25, 0.3) is 20.0 Å². The maximum atomic E-state index is 13.3. The van der Waals surface area contributed by atoms with Crippen LogP contribution in [0.4, 0.5) is 11.4 Å². The lowest BCUT2D eigenvalue weighted by molar-refractivity contribution is 0.0592. The van der Waals surface area contributed by atoms with E-state index in [4.69, 9.17) is 14.2 Å². The lowest BCUT2D eigenvalue weighted by atomic mass is 10.1. The largest absolute Gasteiger partial charge is 0.508 e. The number of rotatable bonds is 15. The van der Waals surface area contributed by atoms with Gasteiger partial charge >= 0.3 is 11.9 Å². The smallest absolute Gasteiger partial charge is 0.337 e. The number of carbonyl (C=O) groups is 2. The van der Waals surface area contributed by atoms with Crippen LogP contribution in [0.2, 0.25) is 0 Å². The van der Waals surface area contributed by atoms with Crippen molar-refractivity contribution < 1.29 is 45.7 Å². The number of phenolic OH excluding ortho intramolecular Hbond substituents is 1. The third-order valence-electron chi connectivity index (χ3n) is 9.37. The van der Waals surface area contributed by atoms with E-state index >= 15 is 0 Å². The molecule has 1 N–H and O–H groups in total. The SMILES string of the molecule is COC(=O)c1cc(Cn2cncn2)cc(N(C)S(=O)(=O)c2ccc(O)cc2)c1.COC(=O)c1cc(Cn2cncn2)cc(N(C)S(=O)(=O)c2ccc(OCc3ccccc3)cc2)c1. The first-order valence-corrected chi connectivity index (χ1v) is 21.7. The number of phenols is 1. The van der Waals surface area contributed by atoms with E-state index in [0.717, 1.165) is 14.2 Å². The number of nitrogens with zero attached hydrogens (tertiary/aromatic N) is 8. The Morgan fingerprint density at radius 1 is 0.603 bits per heavy atom. The van der Waals surface area contributed by atoms with Gasteiger partial charge in [-0.05, 0) is 102 Å². The number of anilines is 2. The first kappa shape index (κ1) is 45.0. The monoisotopic (exact) mass is 894 g/mol. The van der Waals surface area contributed by atoms with Crippen LogP contribution in [-0.4, -0.2) is 91.7 Å². The van der Waals surface area contributed by atoms with Crippen molar-refractivity contribution in [3.63, 3.8) is 0 Å². The fourth-order valence-electron chi connectivity index (χ4n) is 6.03. The van der Waals surface area contributed by atoms with E-state index in [2.05, 4.69) is 20.2 Å². The van der Waals surface area contributed by atoms with Crippen molar-refractivity contribution in [3.05, 3.63) is 168 Å². The molecule has 326 valence electrons. The Kier molecular flexibility index (Phi) is 14.2. The van der Waals surface area contributed by atoms with E-state index in [1.54, 1.807) is 45.8 Å². The number of hydrogen-bond donors (Lipinski definition) is 1. The molecule has 63 heavy (non-hydrogen) atoms. The summed E-state index contributed by atoms with van der Waals surface area (Å²) in [4.78, 5) is 32.2. The highest BCUT2D eigenvalue weighted by Gasteiger charge is 2.25. The van der Waals surface area contributed by atoms with E-state index < -0.39 is 32.0 Å². The first-order valence-electron chi connectivity index (χ1n) is 18.8. The highest BCUT2D eigenvalue weighted by molar-refractivity contribution is 7.93. The molecule has 0 aliphatic rings. The Hall–Kier alpha value is -7.58. The van der Waals surface area contributed by atoms with Crippen molar-refractivity contribution in [2.45, 2.75) is 29.5 Å². The van der Waals surface area contributed by atoms with Gasteiger partial charge in [-0.15, -0.1) is 0 Å². The second-order valence-electron chi connectivity index (χ2n) is 13.6. The highest BCUT2D eigenvalue weighted by atomic mass is 32.2. The summed E-state index contributed by atoms with van der Waals surface area (Å²) < 4.78 is 73.2. The normalized spacial score (nSPS) is 11.2. The Bertz CT molecular complexity index is 2860. The average molecular weight is 895 g/mol. The third-order valence-corrected chi connectivity index (χ3v) is 13.0. The summed E-state index contributed by atoms with van der Waals surface area (Å²) in [5, 5.41) is 17.5. The van der Waals surface area contributed by atoms with Gasteiger partial charge in [-0.1, -0.05) is 30.3 Å². The van der Waals surface area contributed by atoms with Crippen LogP contribution in [0, 0.1) is 0 Å². The van der Waals surface area contributed by atoms with Gasteiger partial charge in [0, 0.05) is 14.1 Å². The molecule has 20 heteroatoms. The van der Waals surface area contributed by atoms with E-state index in [9.17, 15) is 31.5 Å². The van der Waals surface area contributed by atoms with Crippen LogP contribution in [0.25, 0.3) is 0 Å².